The van der Waals surface area contributed by atoms with Crippen molar-refractivity contribution in [3.63, 3.8) is 0 Å². The number of benzene rings is 2. The molecule has 344 valence electrons. The van der Waals surface area contributed by atoms with Gasteiger partial charge in [-0.15, -0.1) is 0 Å². The van der Waals surface area contributed by atoms with Crippen molar-refractivity contribution in [3.8, 4) is 5.88 Å². The van der Waals surface area contributed by atoms with Gasteiger partial charge in [0.2, 0.25) is 5.88 Å². The lowest BCUT2D eigenvalue weighted by molar-refractivity contribution is -0.146. The Morgan fingerprint density at radius 3 is 1.49 bits per heavy atom. The number of carbonyl (C=O) groups is 4. The molecule has 0 unspecified atom stereocenters. The second-order valence-electron chi connectivity index (χ2n) is 15.9. The van der Waals surface area contributed by atoms with Crippen LogP contribution in [0, 0.1) is 0 Å². The number of hydrogen-bond donors (Lipinski definition) is 1. The van der Waals surface area contributed by atoms with Crippen molar-refractivity contribution >= 4 is 89.7 Å². The summed E-state index contributed by atoms with van der Waals surface area (Å²) in [6, 6.07) is 11.5. The highest BCUT2D eigenvalue weighted by atomic mass is 79.9. The molecular weight excluding hydrogens is 996 g/mol. The third-order valence-electron chi connectivity index (χ3n) is 8.63. The number of likely N-dealkylation sites (tertiary alicyclic amines) is 2. The lowest BCUT2D eigenvalue weighted by Gasteiger charge is -2.27. The maximum absolute atomic E-state index is 14.1. The lowest BCUT2D eigenvalue weighted by Crippen LogP contribution is -2.44. The third-order valence-corrected chi connectivity index (χ3v) is 9.64. The molecule has 0 radical (unpaired) electrons. The number of carbonyl (C=O) groups excluding carboxylic acids is 4. The number of halogens is 7. The summed E-state index contributed by atoms with van der Waals surface area (Å²) in [5, 5.41) is 9.21. The van der Waals surface area contributed by atoms with Crippen LogP contribution in [-0.2, 0) is 38.2 Å². The first-order valence-electron chi connectivity index (χ1n) is 18.9. The summed E-state index contributed by atoms with van der Waals surface area (Å²) in [5.41, 5.74) is -1.17. The van der Waals surface area contributed by atoms with E-state index in [1.165, 1.54) is 24.0 Å². The number of ether oxygens (including phenoxy) is 5. The van der Waals surface area contributed by atoms with E-state index in [1.807, 2.05) is 0 Å². The molecule has 1 N–H and O–H groups in total. The van der Waals surface area contributed by atoms with Crippen LogP contribution in [0.2, 0.25) is 5.15 Å². The van der Waals surface area contributed by atoms with Crippen molar-refractivity contribution < 1.29 is 65.5 Å². The highest BCUT2D eigenvalue weighted by Gasteiger charge is 2.45. The largest absolute Gasteiger partial charge is 0.471 e. The summed E-state index contributed by atoms with van der Waals surface area (Å²) in [7, 11) is 2.45. The monoisotopic (exact) mass is 1040 g/mol. The Labute approximate surface area is 381 Å². The van der Waals surface area contributed by atoms with E-state index >= 15 is 0 Å². The maximum Gasteiger partial charge on any atom is 0.411 e. The first-order chi connectivity index (χ1) is 29.1. The summed E-state index contributed by atoms with van der Waals surface area (Å²) in [5.74, 6) is -1.58. The zero-order valence-corrected chi connectivity index (χ0v) is 39.1. The molecule has 0 aliphatic carbocycles. The van der Waals surface area contributed by atoms with Crippen molar-refractivity contribution in [1.82, 2.24) is 29.7 Å². The Morgan fingerprint density at radius 1 is 0.667 bits per heavy atom. The molecule has 4 atom stereocenters. The molecule has 6 rings (SSSR count). The molecule has 4 heterocycles. The number of amides is 2. The van der Waals surface area contributed by atoms with Gasteiger partial charge in [0, 0.05) is 12.8 Å². The predicted octanol–water partition coefficient (Wildman–Crippen LogP) is 8.26. The van der Waals surface area contributed by atoms with Gasteiger partial charge in [-0.1, -0.05) is 35.9 Å². The minimum Gasteiger partial charge on any atom is -0.471 e. The van der Waals surface area contributed by atoms with E-state index in [2.05, 4.69) is 56.5 Å². The number of para-hydroxylation sites is 4. The van der Waals surface area contributed by atoms with Gasteiger partial charge in [0.05, 0.1) is 55.5 Å². The Hall–Kier alpha value is -4.67. The Balaban J connectivity index is 0.000000229. The van der Waals surface area contributed by atoms with Crippen LogP contribution in [0.1, 0.15) is 65.8 Å². The number of alkyl halides is 6. The molecule has 2 aromatic heterocycles. The molecule has 16 nitrogen and oxygen atoms in total. The summed E-state index contributed by atoms with van der Waals surface area (Å²) in [6.07, 6.45) is -2.65. The first kappa shape index (κ1) is 51.0. The van der Waals surface area contributed by atoms with Gasteiger partial charge in [0.15, 0.2) is 16.5 Å². The van der Waals surface area contributed by atoms with Gasteiger partial charge in [-0.25, -0.2) is 39.1 Å². The van der Waals surface area contributed by atoms with Crippen LogP contribution in [0.3, 0.4) is 0 Å². The van der Waals surface area contributed by atoms with E-state index < -0.39 is 80.7 Å². The van der Waals surface area contributed by atoms with E-state index in [4.69, 9.17) is 30.5 Å². The third kappa shape index (κ3) is 14.2. The SMILES string of the molecule is COC(=O)[C@@H]1C[C@@H](O)CN1C(=O)OC(C)(C)C.COC(=O)[C@@H]1C[C@@H](Oc2nc3ccccc3nc2C(F)(F)Br)CN1C(=O)OC(C)(C)C.FC(F)(Br)c1nc2ccccc2nc1Cl. The molecule has 0 saturated carbocycles. The van der Waals surface area contributed by atoms with Crippen molar-refractivity contribution in [1.29, 1.82) is 0 Å². The fraction of sp³-hybridized carbons (Fsp3) is 0.500. The molecule has 0 bridgehead atoms. The van der Waals surface area contributed by atoms with Crippen LogP contribution in [0.15, 0.2) is 48.5 Å². The number of aromatic nitrogens is 4. The van der Waals surface area contributed by atoms with E-state index in [-0.39, 0.29) is 42.5 Å². The summed E-state index contributed by atoms with van der Waals surface area (Å²) in [6.45, 7) is 10.3. The molecule has 0 spiro atoms. The predicted molar refractivity (Wildman–Crippen MR) is 227 cm³/mol. The molecule has 2 aromatic carbocycles. The normalized spacial score (nSPS) is 19.0. The van der Waals surface area contributed by atoms with Crippen molar-refractivity contribution in [2.24, 2.45) is 0 Å². The molecule has 2 saturated heterocycles. The number of esters is 2. The minimum atomic E-state index is -3.50. The Morgan fingerprint density at radius 2 is 1.06 bits per heavy atom. The number of hydrogen-bond acceptors (Lipinski definition) is 14. The molecule has 2 fully saturated rings. The molecule has 2 aliphatic rings. The van der Waals surface area contributed by atoms with Crippen LogP contribution >= 0.6 is 43.5 Å². The van der Waals surface area contributed by atoms with Gasteiger partial charge in [-0.3, -0.25) is 9.80 Å². The molecule has 23 heteroatoms. The van der Waals surface area contributed by atoms with Gasteiger partial charge in [0.25, 0.3) is 0 Å². The second-order valence-corrected chi connectivity index (χ2v) is 18.3. The Bertz CT molecular complexity index is 2290. The summed E-state index contributed by atoms with van der Waals surface area (Å²) < 4.78 is 79.9. The van der Waals surface area contributed by atoms with E-state index in [0.29, 0.717) is 16.6 Å². The zero-order valence-electron chi connectivity index (χ0n) is 35.2. The fourth-order valence-electron chi connectivity index (χ4n) is 6.03. The van der Waals surface area contributed by atoms with Gasteiger partial charge < -0.3 is 28.8 Å². The number of aliphatic hydroxyl groups is 1. The molecule has 4 aromatic rings. The lowest BCUT2D eigenvalue weighted by atomic mass is 10.2. The summed E-state index contributed by atoms with van der Waals surface area (Å²) in [4.78, 5) is 59.4. The second kappa shape index (κ2) is 20.4. The van der Waals surface area contributed by atoms with Gasteiger partial charge in [-0.05, 0) is 97.7 Å². The van der Waals surface area contributed by atoms with Crippen LogP contribution in [0.25, 0.3) is 22.1 Å². The number of methoxy groups -OCH3 is 2. The summed E-state index contributed by atoms with van der Waals surface area (Å²) >= 11 is 10.1. The molecular formula is C40H45Br2ClF4N6O10. The standard InChI is InChI=1S/C20H22BrF2N3O5.C11H19NO5.C9H4BrClF2N2/c1-19(2,3)31-18(28)26-10-11(9-14(26)17(27)29-4)30-16-15(20(21,22)23)24-12-7-5-6-8-13(12)25-16;1-11(2,3)17-10(15)12-6-7(13)5-8(12)9(14)16-4;10-9(12,13)7-8(11)15-6-4-2-1-3-5(6)14-7/h5-8,11,14H,9-10H2,1-4H3;7-8,13H,5-6H2,1-4H3;1-4H/t11-,14+;7-,8+;/m11./s1. The quantitative estimate of drug-likeness (QED) is 0.0840. The van der Waals surface area contributed by atoms with Gasteiger partial charge >= 0.3 is 33.8 Å². The van der Waals surface area contributed by atoms with Gasteiger partial charge in [-0.2, -0.15) is 17.6 Å². The Kier molecular flexibility index (Phi) is 16.5. The van der Waals surface area contributed by atoms with E-state index in [1.54, 1.807) is 90.1 Å². The maximum atomic E-state index is 14.1. The van der Waals surface area contributed by atoms with E-state index in [9.17, 15) is 41.8 Å². The van der Waals surface area contributed by atoms with E-state index in [0.717, 1.165) is 0 Å². The van der Waals surface area contributed by atoms with Crippen LogP contribution < -0.4 is 4.74 Å². The van der Waals surface area contributed by atoms with Crippen LogP contribution in [0.5, 0.6) is 5.88 Å². The average Bonchev–Trinajstić information content (AvgIpc) is 3.79. The number of β-amino-alcohol motifs (C(OH)–C–C–N with tert-alkyl or cyclic N) is 1. The number of nitrogens with zero attached hydrogens (tertiary/aromatic N) is 6. The van der Waals surface area contributed by atoms with Crippen molar-refractivity contribution in [2.45, 2.75) is 99.5 Å². The number of fused-ring (bicyclic) bond motifs is 2. The minimum absolute atomic E-state index is 0.0215. The topological polar surface area (TPSA) is 193 Å². The zero-order chi connectivity index (χ0) is 47.2. The average molecular weight is 1040 g/mol. The number of rotatable bonds is 6. The molecule has 2 amide bonds. The molecule has 63 heavy (non-hydrogen) atoms. The van der Waals surface area contributed by atoms with Crippen molar-refractivity contribution in [2.75, 3.05) is 27.3 Å². The highest BCUT2D eigenvalue weighted by molar-refractivity contribution is 9.09. The van der Waals surface area contributed by atoms with Crippen LogP contribution in [0.4, 0.5) is 27.2 Å². The van der Waals surface area contributed by atoms with Crippen molar-refractivity contribution in [3.05, 3.63) is 65.1 Å². The van der Waals surface area contributed by atoms with Gasteiger partial charge in [0.1, 0.15) is 29.4 Å². The fourth-order valence-corrected chi connectivity index (χ4v) is 6.93. The molecule has 2 aliphatic heterocycles. The first-order valence-corrected chi connectivity index (χ1v) is 20.9. The highest BCUT2D eigenvalue weighted by Crippen LogP contribution is 2.40. The van der Waals surface area contributed by atoms with Crippen LogP contribution in [-0.4, -0.2) is 122 Å². The number of aliphatic hydroxyl groups excluding tert-OH is 1. The smallest absolute Gasteiger partial charge is 0.411 e.